The normalized spacial score (nSPS) is 17.5. The van der Waals surface area contributed by atoms with Crippen molar-refractivity contribution in [2.24, 2.45) is 0 Å². The van der Waals surface area contributed by atoms with Crippen LogP contribution in [0.2, 0.25) is 0 Å². The van der Waals surface area contributed by atoms with Crippen molar-refractivity contribution in [2.45, 2.75) is 44.6 Å². The Morgan fingerprint density at radius 2 is 1.93 bits per heavy atom. The molecule has 0 atom stereocenters. The highest BCUT2D eigenvalue weighted by Crippen LogP contribution is 2.17. The first-order valence-electron chi connectivity index (χ1n) is 5.08. The minimum atomic E-state index is -0.474. The Morgan fingerprint density at radius 3 is 2.50 bits per heavy atom. The summed E-state index contributed by atoms with van der Waals surface area (Å²) in [7, 11) is 1.29. The fourth-order valence-corrected chi connectivity index (χ4v) is 1.73. The van der Waals surface area contributed by atoms with Gasteiger partial charge in [-0.3, -0.25) is 9.59 Å². The summed E-state index contributed by atoms with van der Waals surface area (Å²) in [4.78, 5) is 22.0. The average Bonchev–Trinajstić information content (AvgIpc) is 2.19. The number of hydrogen-bond acceptors (Lipinski definition) is 3. The van der Waals surface area contributed by atoms with Crippen LogP contribution in [0.15, 0.2) is 0 Å². The minimum absolute atomic E-state index is 0.160. The maximum atomic E-state index is 11.3. The minimum Gasteiger partial charge on any atom is -0.469 e. The van der Waals surface area contributed by atoms with Gasteiger partial charge in [-0.1, -0.05) is 19.3 Å². The molecule has 0 heterocycles. The van der Waals surface area contributed by atoms with E-state index < -0.39 is 5.97 Å². The molecule has 1 rings (SSSR count). The van der Waals surface area contributed by atoms with E-state index in [1.165, 1.54) is 26.4 Å². The van der Waals surface area contributed by atoms with E-state index in [1.807, 2.05) is 0 Å². The van der Waals surface area contributed by atoms with E-state index in [9.17, 15) is 9.59 Å². The van der Waals surface area contributed by atoms with Crippen molar-refractivity contribution in [3.8, 4) is 0 Å². The van der Waals surface area contributed by atoms with E-state index in [0.717, 1.165) is 12.8 Å². The summed E-state index contributed by atoms with van der Waals surface area (Å²) in [5.41, 5.74) is 0. The fraction of sp³-hybridized carbons (Fsp3) is 0.800. The molecule has 0 spiro atoms. The summed E-state index contributed by atoms with van der Waals surface area (Å²) in [5.74, 6) is -0.693. The summed E-state index contributed by atoms with van der Waals surface area (Å²) < 4.78 is 4.41. The van der Waals surface area contributed by atoms with Crippen LogP contribution in [0.1, 0.15) is 38.5 Å². The van der Waals surface area contributed by atoms with Gasteiger partial charge in [-0.15, -0.1) is 0 Å². The van der Waals surface area contributed by atoms with Crippen molar-refractivity contribution in [1.82, 2.24) is 5.32 Å². The Kier molecular flexibility index (Phi) is 4.43. The molecule has 0 aliphatic heterocycles. The van der Waals surface area contributed by atoms with Crippen molar-refractivity contribution in [1.29, 1.82) is 0 Å². The first kappa shape index (κ1) is 11.0. The lowest BCUT2D eigenvalue weighted by Crippen LogP contribution is -2.37. The standard InChI is InChI=1S/C10H17NO3/c1-14-10(13)7-9(12)11-8-5-3-2-4-6-8/h8H,2-7H2,1H3,(H,11,12). The molecular formula is C10H17NO3. The molecule has 80 valence electrons. The fourth-order valence-electron chi connectivity index (χ4n) is 1.73. The highest BCUT2D eigenvalue weighted by molar-refractivity contribution is 5.94. The molecule has 1 amide bonds. The van der Waals surface area contributed by atoms with Gasteiger partial charge in [0.25, 0.3) is 0 Å². The van der Waals surface area contributed by atoms with Gasteiger partial charge < -0.3 is 10.1 Å². The summed E-state index contributed by atoms with van der Waals surface area (Å²) in [6.07, 6.45) is 5.50. The number of amides is 1. The third kappa shape index (κ3) is 3.77. The predicted octanol–water partition coefficient (Wildman–Crippen LogP) is 0.998. The van der Waals surface area contributed by atoms with Crippen LogP contribution in [0.25, 0.3) is 0 Å². The summed E-state index contributed by atoms with van der Waals surface area (Å²) in [5, 5.41) is 2.84. The van der Waals surface area contributed by atoms with Crippen LogP contribution in [0.5, 0.6) is 0 Å². The van der Waals surface area contributed by atoms with Crippen molar-refractivity contribution >= 4 is 11.9 Å². The molecule has 1 aliphatic carbocycles. The predicted molar refractivity (Wildman–Crippen MR) is 51.6 cm³/mol. The first-order valence-corrected chi connectivity index (χ1v) is 5.08. The Labute approximate surface area is 84.0 Å². The molecule has 4 nitrogen and oxygen atoms in total. The third-order valence-electron chi connectivity index (χ3n) is 2.50. The van der Waals surface area contributed by atoms with Gasteiger partial charge in [0, 0.05) is 6.04 Å². The van der Waals surface area contributed by atoms with Gasteiger partial charge in [0.1, 0.15) is 6.42 Å². The molecule has 1 N–H and O–H groups in total. The molecule has 0 unspecified atom stereocenters. The lowest BCUT2D eigenvalue weighted by Gasteiger charge is -2.22. The summed E-state index contributed by atoms with van der Waals surface area (Å²) >= 11 is 0. The average molecular weight is 199 g/mol. The molecule has 0 bridgehead atoms. The second-order valence-electron chi connectivity index (χ2n) is 3.66. The zero-order valence-corrected chi connectivity index (χ0v) is 8.54. The van der Waals surface area contributed by atoms with Crippen LogP contribution in [-0.4, -0.2) is 25.0 Å². The van der Waals surface area contributed by atoms with Crippen molar-refractivity contribution < 1.29 is 14.3 Å². The second kappa shape index (κ2) is 5.62. The van der Waals surface area contributed by atoms with Crippen LogP contribution < -0.4 is 5.32 Å². The van der Waals surface area contributed by atoms with E-state index in [1.54, 1.807) is 0 Å². The lowest BCUT2D eigenvalue weighted by molar-refractivity contribution is -0.144. The van der Waals surface area contributed by atoms with E-state index in [2.05, 4.69) is 10.1 Å². The van der Waals surface area contributed by atoms with Crippen LogP contribution in [-0.2, 0) is 14.3 Å². The van der Waals surface area contributed by atoms with Crippen LogP contribution in [0.4, 0.5) is 0 Å². The van der Waals surface area contributed by atoms with E-state index in [4.69, 9.17) is 0 Å². The maximum absolute atomic E-state index is 11.3. The van der Waals surface area contributed by atoms with Gasteiger partial charge >= 0.3 is 5.97 Å². The van der Waals surface area contributed by atoms with Gasteiger partial charge in [0.05, 0.1) is 7.11 Å². The monoisotopic (exact) mass is 199 g/mol. The van der Waals surface area contributed by atoms with E-state index >= 15 is 0 Å². The van der Waals surface area contributed by atoms with Gasteiger partial charge in [-0.2, -0.15) is 0 Å². The smallest absolute Gasteiger partial charge is 0.315 e. The maximum Gasteiger partial charge on any atom is 0.315 e. The van der Waals surface area contributed by atoms with Gasteiger partial charge in [0.2, 0.25) is 5.91 Å². The summed E-state index contributed by atoms with van der Waals surface area (Å²) in [6, 6.07) is 0.265. The molecule has 1 fully saturated rings. The first-order chi connectivity index (χ1) is 6.72. The molecule has 14 heavy (non-hydrogen) atoms. The number of carbonyl (C=O) groups is 2. The Morgan fingerprint density at radius 1 is 1.29 bits per heavy atom. The quantitative estimate of drug-likeness (QED) is 0.545. The topological polar surface area (TPSA) is 55.4 Å². The van der Waals surface area contributed by atoms with Gasteiger partial charge in [-0.25, -0.2) is 0 Å². The van der Waals surface area contributed by atoms with Crippen molar-refractivity contribution in [3.63, 3.8) is 0 Å². The molecule has 1 aliphatic rings. The molecule has 0 radical (unpaired) electrons. The molecule has 1 saturated carbocycles. The Bertz CT molecular complexity index is 209. The van der Waals surface area contributed by atoms with E-state index in [-0.39, 0.29) is 18.4 Å². The molecule has 0 aromatic heterocycles. The number of rotatable bonds is 3. The molecular weight excluding hydrogens is 182 g/mol. The third-order valence-corrected chi connectivity index (χ3v) is 2.50. The SMILES string of the molecule is COC(=O)CC(=O)NC1CCCCC1. The van der Waals surface area contributed by atoms with Crippen LogP contribution >= 0.6 is 0 Å². The van der Waals surface area contributed by atoms with E-state index in [0.29, 0.717) is 0 Å². The number of methoxy groups -OCH3 is 1. The second-order valence-corrected chi connectivity index (χ2v) is 3.66. The van der Waals surface area contributed by atoms with Crippen LogP contribution in [0.3, 0.4) is 0 Å². The molecule has 0 aromatic carbocycles. The molecule has 0 aromatic rings. The number of nitrogens with one attached hydrogen (secondary N) is 1. The molecule has 4 heteroatoms. The van der Waals surface area contributed by atoms with Gasteiger partial charge in [0.15, 0.2) is 0 Å². The zero-order valence-electron chi connectivity index (χ0n) is 8.54. The number of esters is 1. The highest BCUT2D eigenvalue weighted by atomic mass is 16.5. The molecule has 0 saturated heterocycles. The Balaban J connectivity index is 2.21. The summed E-state index contributed by atoms with van der Waals surface area (Å²) in [6.45, 7) is 0. The highest BCUT2D eigenvalue weighted by Gasteiger charge is 2.17. The lowest BCUT2D eigenvalue weighted by atomic mass is 9.95. The van der Waals surface area contributed by atoms with Crippen LogP contribution in [0, 0.1) is 0 Å². The number of hydrogen-bond donors (Lipinski definition) is 1. The zero-order chi connectivity index (χ0) is 10.4. The van der Waals surface area contributed by atoms with Crippen molar-refractivity contribution in [2.75, 3.05) is 7.11 Å². The van der Waals surface area contributed by atoms with Crippen molar-refractivity contribution in [3.05, 3.63) is 0 Å². The largest absolute Gasteiger partial charge is 0.469 e. The number of ether oxygens (including phenoxy) is 1. The Hall–Kier alpha value is -1.06. The number of carbonyl (C=O) groups excluding carboxylic acids is 2. The van der Waals surface area contributed by atoms with Gasteiger partial charge in [-0.05, 0) is 12.8 Å².